The fraction of sp³-hybridized carbons (Fsp3) is 0.375. The van der Waals surface area contributed by atoms with Gasteiger partial charge in [0.15, 0.2) is 0 Å². The molecule has 0 bridgehead atoms. The molecule has 2 aromatic rings. The normalized spacial score (nSPS) is 17.3. The van der Waals surface area contributed by atoms with E-state index < -0.39 is 0 Å². The van der Waals surface area contributed by atoms with Crippen LogP contribution in [0.3, 0.4) is 0 Å². The maximum absolute atomic E-state index is 12.2. The van der Waals surface area contributed by atoms with Crippen molar-refractivity contribution < 1.29 is 9.21 Å². The number of carbonyl (C=O) groups is 1. The lowest BCUT2D eigenvalue weighted by molar-refractivity contribution is 0.199. The fourth-order valence-electron chi connectivity index (χ4n) is 2.67. The van der Waals surface area contributed by atoms with E-state index in [4.69, 9.17) is 16.0 Å². The van der Waals surface area contributed by atoms with E-state index in [0.717, 1.165) is 24.5 Å². The highest BCUT2D eigenvalue weighted by Gasteiger charge is 2.26. The summed E-state index contributed by atoms with van der Waals surface area (Å²) in [5.74, 6) is 1.53. The summed E-state index contributed by atoms with van der Waals surface area (Å²) in [5, 5.41) is 3.68. The number of halogens is 1. The second kappa shape index (κ2) is 6.91. The van der Waals surface area contributed by atoms with E-state index in [2.05, 4.69) is 15.2 Å². The van der Waals surface area contributed by atoms with Crippen LogP contribution < -0.4 is 10.2 Å². The van der Waals surface area contributed by atoms with Crippen molar-refractivity contribution in [2.24, 2.45) is 0 Å². The lowest BCUT2D eigenvalue weighted by Crippen LogP contribution is -2.44. The van der Waals surface area contributed by atoms with Crippen molar-refractivity contribution in [3.8, 4) is 0 Å². The quantitative estimate of drug-likeness (QED) is 0.934. The van der Waals surface area contributed by atoms with Crippen LogP contribution in [0.1, 0.15) is 12.2 Å². The molecule has 0 saturated carbocycles. The largest absolute Gasteiger partial charge is 0.467 e. The molecule has 3 rings (SSSR count). The first-order valence-electron chi connectivity index (χ1n) is 7.53. The fourth-order valence-corrected chi connectivity index (χ4v) is 2.91. The number of hydrogen-bond acceptors (Lipinski definition) is 4. The van der Waals surface area contributed by atoms with Crippen molar-refractivity contribution in [3.63, 3.8) is 0 Å². The Kier molecular flexibility index (Phi) is 4.71. The number of anilines is 1. The molecule has 2 aromatic heterocycles. The van der Waals surface area contributed by atoms with Gasteiger partial charge in [0.05, 0.1) is 17.8 Å². The Morgan fingerprint density at radius 1 is 1.52 bits per heavy atom. The van der Waals surface area contributed by atoms with E-state index in [1.807, 2.05) is 24.3 Å². The van der Waals surface area contributed by atoms with E-state index in [-0.39, 0.29) is 12.1 Å². The van der Waals surface area contributed by atoms with Gasteiger partial charge in [-0.1, -0.05) is 11.6 Å². The number of pyridine rings is 1. The highest BCUT2D eigenvalue weighted by atomic mass is 35.5. The minimum absolute atomic E-state index is 0.0830. The number of nitrogens with one attached hydrogen (secondary N) is 1. The summed E-state index contributed by atoms with van der Waals surface area (Å²) in [6, 6.07) is 7.27. The van der Waals surface area contributed by atoms with Crippen molar-refractivity contribution >= 4 is 23.4 Å². The molecular formula is C16H19ClN4O2. The van der Waals surface area contributed by atoms with Crippen LogP contribution in [-0.2, 0) is 6.54 Å². The molecule has 1 fully saturated rings. The topological polar surface area (TPSA) is 61.6 Å². The lowest BCUT2D eigenvalue weighted by Gasteiger charge is -2.21. The average Bonchev–Trinajstić information content (AvgIpc) is 3.19. The maximum Gasteiger partial charge on any atom is 0.317 e. The molecule has 1 N–H and O–H groups in total. The SMILES string of the molecule is CN(Cc1ccco1)C(=O)N[C@H]1CCN(c2ncccc2Cl)C1. The second-order valence-electron chi connectivity index (χ2n) is 5.63. The van der Waals surface area contributed by atoms with E-state index in [1.165, 1.54) is 0 Å². The van der Waals surface area contributed by atoms with E-state index in [9.17, 15) is 4.79 Å². The number of aromatic nitrogens is 1. The van der Waals surface area contributed by atoms with Gasteiger partial charge in [-0.05, 0) is 30.7 Å². The van der Waals surface area contributed by atoms with Gasteiger partial charge in [-0.2, -0.15) is 0 Å². The number of urea groups is 1. The average molecular weight is 335 g/mol. The molecule has 1 atom stereocenters. The molecule has 6 nitrogen and oxygen atoms in total. The first-order valence-corrected chi connectivity index (χ1v) is 7.91. The highest BCUT2D eigenvalue weighted by molar-refractivity contribution is 6.32. The summed E-state index contributed by atoms with van der Waals surface area (Å²) in [6.45, 7) is 1.97. The van der Waals surface area contributed by atoms with Gasteiger partial charge in [-0.3, -0.25) is 0 Å². The minimum Gasteiger partial charge on any atom is -0.467 e. The van der Waals surface area contributed by atoms with Crippen LogP contribution in [0.4, 0.5) is 10.6 Å². The summed E-state index contributed by atoms with van der Waals surface area (Å²) in [7, 11) is 1.75. The Morgan fingerprint density at radius 2 is 2.39 bits per heavy atom. The van der Waals surface area contributed by atoms with Crippen LogP contribution in [0, 0.1) is 0 Å². The number of nitrogens with zero attached hydrogens (tertiary/aromatic N) is 3. The summed E-state index contributed by atoms with van der Waals surface area (Å²) in [6.07, 6.45) is 4.20. The number of furan rings is 1. The monoisotopic (exact) mass is 334 g/mol. The number of rotatable bonds is 4. The van der Waals surface area contributed by atoms with Crippen molar-refractivity contribution in [2.75, 3.05) is 25.0 Å². The Morgan fingerprint density at radius 3 is 3.13 bits per heavy atom. The summed E-state index contributed by atoms with van der Waals surface area (Å²) >= 11 is 6.18. The molecule has 0 aliphatic carbocycles. The van der Waals surface area contributed by atoms with Crippen molar-refractivity contribution in [3.05, 3.63) is 47.5 Å². The summed E-state index contributed by atoms with van der Waals surface area (Å²) < 4.78 is 5.26. The van der Waals surface area contributed by atoms with Crippen LogP contribution >= 0.6 is 11.6 Å². The van der Waals surface area contributed by atoms with Crippen LogP contribution in [-0.4, -0.2) is 42.1 Å². The van der Waals surface area contributed by atoms with Gasteiger partial charge in [-0.15, -0.1) is 0 Å². The van der Waals surface area contributed by atoms with E-state index >= 15 is 0 Å². The summed E-state index contributed by atoms with van der Waals surface area (Å²) in [5.41, 5.74) is 0. The van der Waals surface area contributed by atoms with Crippen LogP contribution in [0.2, 0.25) is 5.02 Å². The van der Waals surface area contributed by atoms with Gasteiger partial charge in [0.1, 0.15) is 11.6 Å². The molecule has 122 valence electrons. The zero-order valence-corrected chi connectivity index (χ0v) is 13.7. The third-order valence-corrected chi connectivity index (χ3v) is 4.17. The van der Waals surface area contributed by atoms with Crippen LogP contribution in [0.25, 0.3) is 0 Å². The third-order valence-electron chi connectivity index (χ3n) is 3.87. The Balaban J connectivity index is 1.53. The number of carbonyl (C=O) groups excluding carboxylic acids is 1. The van der Waals surface area contributed by atoms with Crippen LogP contribution in [0.5, 0.6) is 0 Å². The van der Waals surface area contributed by atoms with Crippen molar-refractivity contribution in [2.45, 2.75) is 19.0 Å². The smallest absolute Gasteiger partial charge is 0.317 e. The Hall–Kier alpha value is -2.21. The van der Waals surface area contributed by atoms with Crippen molar-refractivity contribution in [1.82, 2.24) is 15.2 Å². The Bertz CT molecular complexity index is 662. The molecule has 2 amide bonds. The first-order chi connectivity index (χ1) is 11.1. The zero-order chi connectivity index (χ0) is 16.2. The molecule has 0 spiro atoms. The first kappa shape index (κ1) is 15.7. The second-order valence-corrected chi connectivity index (χ2v) is 6.03. The molecular weight excluding hydrogens is 316 g/mol. The van der Waals surface area contributed by atoms with Gasteiger partial charge >= 0.3 is 6.03 Å². The zero-order valence-electron chi connectivity index (χ0n) is 12.9. The Labute approximate surface area is 140 Å². The molecule has 1 saturated heterocycles. The van der Waals surface area contributed by atoms with Gasteiger partial charge in [0.2, 0.25) is 0 Å². The lowest BCUT2D eigenvalue weighted by atomic mass is 10.3. The van der Waals surface area contributed by atoms with Crippen molar-refractivity contribution in [1.29, 1.82) is 0 Å². The maximum atomic E-state index is 12.2. The predicted octanol–water partition coefficient (Wildman–Crippen LogP) is 2.75. The number of hydrogen-bond donors (Lipinski definition) is 1. The molecule has 0 aromatic carbocycles. The van der Waals surface area contributed by atoms with Gasteiger partial charge < -0.3 is 19.5 Å². The molecule has 1 aliphatic heterocycles. The summed E-state index contributed by atoms with van der Waals surface area (Å²) in [4.78, 5) is 20.3. The van der Waals surface area contributed by atoms with Gasteiger partial charge in [-0.25, -0.2) is 9.78 Å². The van der Waals surface area contributed by atoms with E-state index in [1.54, 1.807) is 24.4 Å². The molecule has 3 heterocycles. The van der Waals surface area contributed by atoms with Crippen LogP contribution in [0.15, 0.2) is 41.1 Å². The molecule has 0 unspecified atom stereocenters. The molecule has 1 aliphatic rings. The molecule has 7 heteroatoms. The minimum atomic E-state index is -0.111. The molecule has 23 heavy (non-hydrogen) atoms. The predicted molar refractivity (Wildman–Crippen MR) is 88.6 cm³/mol. The van der Waals surface area contributed by atoms with E-state index in [0.29, 0.717) is 18.1 Å². The van der Waals surface area contributed by atoms with Gasteiger partial charge in [0, 0.05) is 32.4 Å². The third kappa shape index (κ3) is 3.76. The highest BCUT2D eigenvalue weighted by Crippen LogP contribution is 2.25. The van der Waals surface area contributed by atoms with Gasteiger partial charge in [0.25, 0.3) is 0 Å². The standard InChI is InChI=1S/C16H19ClN4O2/c1-20(11-13-4-3-9-23-13)16(22)19-12-6-8-21(10-12)15-14(17)5-2-7-18-15/h2-5,7,9,12H,6,8,10-11H2,1H3,(H,19,22)/t12-/m0/s1. The number of amides is 2. The molecule has 0 radical (unpaired) electrons.